The number of aryl methyl sites for hydroxylation is 1. The van der Waals surface area contributed by atoms with Crippen molar-refractivity contribution in [1.29, 1.82) is 0 Å². The number of hydrogen-bond donors (Lipinski definition) is 1. The molecule has 12 heteroatoms. The van der Waals surface area contributed by atoms with Gasteiger partial charge in [-0.3, -0.25) is 9.29 Å². The molecule has 0 bridgehead atoms. The molecular weight excluding hydrogens is 495 g/mol. The smallest absolute Gasteiger partial charge is 0.241 e. The monoisotopic (exact) mass is 520 g/mol. The van der Waals surface area contributed by atoms with Gasteiger partial charge in [0, 0.05) is 36.3 Å². The van der Waals surface area contributed by atoms with Crippen LogP contribution < -0.4 is 9.46 Å². The molecule has 0 amide bonds. The fourth-order valence-electron chi connectivity index (χ4n) is 4.11. The first kappa shape index (κ1) is 24.5. The van der Waals surface area contributed by atoms with Gasteiger partial charge in [-0.25, -0.2) is 23.6 Å². The first-order valence-electron chi connectivity index (χ1n) is 11.5. The molecule has 190 valence electrons. The number of hydrogen-bond acceptors (Lipinski definition) is 7. The zero-order chi connectivity index (χ0) is 26.1. The Morgan fingerprint density at radius 2 is 1.81 bits per heavy atom. The number of nitrogens with one attached hydrogen (secondary N) is 1. The molecule has 3 atom stereocenters. The third kappa shape index (κ3) is 4.55. The molecule has 0 fully saturated rings. The Bertz CT molecular complexity index is 1580. The van der Waals surface area contributed by atoms with Crippen LogP contribution in [0.4, 0.5) is 10.3 Å². The zero-order valence-corrected chi connectivity index (χ0v) is 21.5. The van der Waals surface area contributed by atoms with Crippen LogP contribution in [-0.2, 0) is 18.0 Å². The minimum Gasteiger partial charge on any atom is -0.480 e. The summed E-state index contributed by atoms with van der Waals surface area (Å²) in [5.41, 5.74) is 2.44. The molecule has 0 aliphatic heterocycles. The maximum Gasteiger partial charge on any atom is 0.241 e. The topological polar surface area (TPSA) is 113 Å². The number of rotatable bonds is 8. The third-order valence-electron chi connectivity index (χ3n) is 6.27. The highest BCUT2D eigenvalue weighted by Crippen LogP contribution is 2.34. The fourth-order valence-corrected chi connectivity index (χ4v) is 5.10. The minimum atomic E-state index is -1.61. The molecule has 1 N–H and O–H groups in total. The molecular formula is C25H25FN8O2S. The molecule has 5 aromatic rings. The van der Waals surface area contributed by atoms with E-state index in [9.17, 15) is 8.60 Å². The summed E-state index contributed by atoms with van der Waals surface area (Å²) in [6.45, 7) is 3.66. The molecule has 1 aromatic carbocycles. The van der Waals surface area contributed by atoms with Crippen LogP contribution in [-0.4, -0.2) is 50.9 Å². The van der Waals surface area contributed by atoms with Crippen LogP contribution in [0.1, 0.15) is 25.6 Å². The van der Waals surface area contributed by atoms with E-state index in [-0.39, 0.29) is 11.9 Å². The van der Waals surface area contributed by atoms with Gasteiger partial charge in [0.2, 0.25) is 11.8 Å². The Kier molecular flexibility index (Phi) is 6.66. The Labute approximate surface area is 215 Å². The average Bonchev–Trinajstić information content (AvgIpc) is 3.48. The molecule has 0 saturated carbocycles. The Morgan fingerprint density at radius 3 is 2.57 bits per heavy atom. The van der Waals surface area contributed by atoms with Gasteiger partial charge >= 0.3 is 0 Å². The summed E-state index contributed by atoms with van der Waals surface area (Å²) >= 11 is 0. The molecule has 0 radical (unpaired) electrons. The van der Waals surface area contributed by atoms with E-state index in [0.29, 0.717) is 23.1 Å². The predicted molar refractivity (Wildman–Crippen MR) is 139 cm³/mol. The number of pyridine rings is 1. The van der Waals surface area contributed by atoms with Crippen LogP contribution in [0.2, 0.25) is 0 Å². The van der Waals surface area contributed by atoms with E-state index in [1.165, 1.54) is 0 Å². The van der Waals surface area contributed by atoms with Gasteiger partial charge in [0.25, 0.3) is 0 Å². The lowest BCUT2D eigenvalue weighted by molar-refractivity contribution is 0.399. The van der Waals surface area contributed by atoms with Gasteiger partial charge in [0.15, 0.2) is 11.6 Å². The summed E-state index contributed by atoms with van der Waals surface area (Å²) in [5, 5.41) is 9.33. The van der Waals surface area contributed by atoms with E-state index < -0.39 is 22.1 Å². The van der Waals surface area contributed by atoms with Crippen molar-refractivity contribution in [2.24, 2.45) is 7.05 Å². The Morgan fingerprint density at radius 1 is 1.05 bits per heavy atom. The molecule has 10 nitrogen and oxygen atoms in total. The summed E-state index contributed by atoms with van der Waals surface area (Å²) in [4.78, 5) is 12.4. The summed E-state index contributed by atoms with van der Waals surface area (Å²) in [5.74, 6) is 0.711. The van der Waals surface area contributed by atoms with E-state index in [0.717, 1.165) is 29.0 Å². The van der Waals surface area contributed by atoms with Crippen LogP contribution in [0, 0.1) is 5.82 Å². The van der Waals surface area contributed by atoms with E-state index in [1.54, 1.807) is 19.4 Å². The summed E-state index contributed by atoms with van der Waals surface area (Å²) in [6, 6.07) is 11.6. The number of halogens is 1. The number of methoxy groups -OCH3 is 1. The predicted octanol–water partition coefficient (Wildman–Crippen LogP) is 4.03. The summed E-state index contributed by atoms with van der Waals surface area (Å²) < 4.78 is 39.1. The molecule has 4 aromatic heterocycles. The van der Waals surface area contributed by atoms with Gasteiger partial charge in [-0.1, -0.05) is 25.1 Å². The lowest BCUT2D eigenvalue weighted by Gasteiger charge is -2.19. The van der Waals surface area contributed by atoms with E-state index in [1.807, 2.05) is 66.6 Å². The van der Waals surface area contributed by atoms with Crippen LogP contribution in [0.15, 0.2) is 61.2 Å². The third-order valence-corrected chi connectivity index (χ3v) is 7.73. The molecule has 0 aliphatic rings. The maximum absolute atomic E-state index is 13.5. The first-order chi connectivity index (χ1) is 17.9. The summed E-state index contributed by atoms with van der Waals surface area (Å²) in [6.07, 6.45) is 5.81. The average molecular weight is 521 g/mol. The molecule has 0 spiro atoms. The van der Waals surface area contributed by atoms with E-state index in [2.05, 4.69) is 29.9 Å². The van der Waals surface area contributed by atoms with Crippen LogP contribution >= 0.6 is 0 Å². The fraction of sp³-hybridized carbons (Fsp3) is 0.240. The molecule has 0 aliphatic carbocycles. The van der Waals surface area contributed by atoms with Gasteiger partial charge in [-0.15, -0.1) is 10.2 Å². The number of nitrogens with zero attached hydrogens (tertiary/aromatic N) is 7. The number of ether oxygens (including phenoxy) is 1. The van der Waals surface area contributed by atoms with Crippen molar-refractivity contribution in [1.82, 2.24) is 34.3 Å². The molecule has 5 rings (SSSR count). The molecule has 3 unspecified atom stereocenters. The first-order valence-corrected chi connectivity index (χ1v) is 12.7. The highest BCUT2D eigenvalue weighted by molar-refractivity contribution is 7.87. The number of aromatic nitrogens is 7. The van der Waals surface area contributed by atoms with Crippen LogP contribution in [0.5, 0.6) is 5.88 Å². The van der Waals surface area contributed by atoms with Crippen molar-refractivity contribution in [3.05, 3.63) is 72.8 Å². The normalized spacial score (nSPS) is 13.9. The van der Waals surface area contributed by atoms with Crippen LogP contribution in [0.25, 0.3) is 28.0 Å². The number of fused-ring (bicyclic) bond motifs is 1. The van der Waals surface area contributed by atoms with Crippen molar-refractivity contribution in [3.8, 4) is 23.0 Å². The van der Waals surface area contributed by atoms with Crippen LogP contribution in [0.3, 0.4) is 0 Å². The van der Waals surface area contributed by atoms with E-state index in [4.69, 9.17) is 4.74 Å². The molecule has 4 heterocycles. The second kappa shape index (κ2) is 10.1. The van der Waals surface area contributed by atoms with Crippen molar-refractivity contribution in [2.75, 3.05) is 11.8 Å². The van der Waals surface area contributed by atoms with Crippen molar-refractivity contribution < 1.29 is 13.3 Å². The minimum absolute atomic E-state index is 0.287. The molecule has 37 heavy (non-hydrogen) atoms. The van der Waals surface area contributed by atoms with Crippen molar-refractivity contribution >= 4 is 27.8 Å². The highest BCUT2D eigenvalue weighted by atomic mass is 32.2. The van der Waals surface area contributed by atoms with Gasteiger partial charge in [-0.05, 0) is 25.1 Å². The number of para-hydroxylation sites is 1. The van der Waals surface area contributed by atoms with Gasteiger partial charge in [0.05, 0.1) is 36.0 Å². The SMILES string of the molecule is COc1ncccc1-c1nnc(NS(=O)C(C)C(C)c2ncc(F)cn2)n1-c1cn(C)c2ccccc12. The van der Waals surface area contributed by atoms with Gasteiger partial charge in [0.1, 0.15) is 16.8 Å². The standard InChI is InChI=1S/C25H25FN8O2S/c1-15(22-28-12-17(26)13-29-22)16(2)37(35)32-25-31-30-23(19-9-7-11-27-24(19)36-4)34(25)21-14-33(3)20-10-6-5-8-18(20)21/h5-16H,1-4H3,(H,31,32). The second-order valence-electron chi connectivity index (χ2n) is 8.54. The lowest BCUT2D eigenvalue weighted by atomic mass is 10.1. The largest absolute Gasteiger partial charge is 0.480 e. The lowest BCUT2D eigenvalue weighted by Crippen LogP contribution is -2.26. The van der Waals surface area contributed by atoms with Gasteiger partial charge in [-0.2, -0.15) is 0 Å². The van der Waals surface area contributed by atoms with E-state index >= 15 is 0 Å². The zero-order valence-electron chi connectivity index (χ0n) is 20.7. The second-order valence-corrected chi connectivity index (χ2v) is 10.1. The van der Waals surface area contributed by atoms with Crippen molar-refractivity contribution in [3.63, 3.8) is 0 Å². The molecule has 0 saturated heterocycles. The quantitative estimate of drug-likeness (QED) is 0.329. The summed E-state index contributed by atoms with van der Waals surface area (Å²) in [7, 11) is 1.88. The Balaban J connectivity index is 1.59. The Hall–Kier alpha value is -4.19. The maximum atomic E-state index is 13.5. The van der Waals surface area contributed by atoms with Crippen molar-refractivity contribution in [2.45, 2.75) is 25.0 Å². The number of anilines is 1. The highest BCUT2D eigenvalue weighted by Gasteiger charge is 2.27. The number of benzene rings is 1. The van der Waals surface area contributed by atoms with Gasteiger partial charge < -0.3 is 9.30 Å².